The lowest BCUT2D eigenvalue weighted by molar-refractivity contribution is 0.0690. The fourth-order valence-electron chi connectivity index (χ4n) is 1.55. The number of pyridine rings is 1. The van der Waals surface area contributed by atoms with Crippen molar-refractivity contribution in [1.82, 2.24) is 30.8 Å². The molecule has 2 heterocycles. The van der Waals surface area contributed by atoms with Crippen LogP contribution in [0.4, 0.5) is 4.79 Å². The molecule has 0 saturated carbocycles. The predicted octanol–water partition coefficient (Wildman–Crippen LogP) is -0.0602. The van der Waals surface area contributed by atoms with Crippen molar-refractivity contribution >= 4 is 12.0 Å². The minimum atomic E-state index is -1.08. The first-order valence-corrected chi connectivity index (χ1v) is 6.19. The summed E-state index contributed by atoms with van der Waals surface area (Å²) in [6.07, 6.45) is 3.38. The quantitative estimate of drug-likeness (QED) is 0.589. The SMILES string of the molecule is O=C(NCCc1ncn[nH]1)NCc1ccc(C(=O)O)nc1. The van der Waals surface area contributed by atoms with Crippen LogP contribution >= 0.6 is 0 Å². The molecule has 0 aromatic carbocycles. The molecule has 0 bridgehead atoms. The molecule has 110 valence electrons. The van der Waals surface area contributed by atoms with Gasteiger partial charge >= 0.3 is 12.0 Å². The summed E-state index contributed by atoms with van der Waals surface area (Å²) in [5.41, 5.74) is 0.681. The summed E-state index contributed by atoms with van der Waals surface area (Å²) in [5, 5.41) is 20.4. The Hall–Kier alpha value is -2.97. The number of hydrogen-bond acceptors (Lipinski definition) is 5. The highest BCUT2D eigenvalue weighted by Crippen LogP contribution is 2.00. The van der Waals surface area contributed by atoms with Gasteiger partial charge in [0.1, 0.15) is 17.8 Å². The third-order valence-corrected chi connectivity index (χ3v) is 2.61. The molecule has 0 spiro atoms. The first-order chi connectivity index (χ1) is 10.1. The summed E-state index contributed by atoms with van der Waals surface area (Å²) in [6, 6.07) is 2.67. The lowest BCUT2D eigenvalue weighted by Gasteiger charge is -2.07. The number of carboxylic acids is 1. The van der Waals surface area contributed by atoms with E-state index in [4.69, 9.17) is 5.11 Å². The van der Waals surface area contributed by atoms with E-state index in [0.29, 0.717) is 24.4 Å². The van der Waals surface area contributed by atoms with Crippen LogP contribution in [0.3, 0.4) is 0 Å². The number of carbonyl (C=O) groups is 2. The number of nitrogens with one attached hydrogen (secondary N) is 3. The molecule has 21 heavy (non-hydrogen) atoms. The second-order valence-corrected chi connectivity index (χ2v) is 4.15. The van der Waals surface area contributed by atoms with E-state index in [9.17, 15) is 9.59 Å². The van der Waals surface area contributed by atoms with Crippen LogP contribution in [0.25, 0.3) is 0 Å². The Kier molecular flexibility index (Phi) is 4.80. The highest BCUT2D eigenvalue weighted by Gasteiger charge is 2.05. The van der Waals surface area contributed by atoms with Crippen molar-refractivity contribution in [3.05, 3.63) is 41.7 Å². The summed E-state index contributed by atoms with van der Waals surface area (Å²) < 4.78 is 0. The molecule has 0 atom stereocenters. The minimum absolute atomic E-state index is 0.0322. The van der Waals surface area contributed by atoms with Crippen molar-refractivity contribution in [3.63, 3.8) is 0 Å². The number of nitrogens with zero attached hydrogens (tertiary/aromatic N) is 3. The molecule has 0 aliphatic rings. The second kappa shape index (κ2) is 6.98. The Balaban J connectivity index is 1.69. The van der Waals surface area contributed by atoms with E-state index < -0.39 is 5.97 Å². The van der Waals surface area contributed by atoms with Gasteiger partial charge in [-0.1, -0.05) is 6.07 Å². The van der Waals surface area contributed by atoms with E-state index in [1.165, 1.54) is 18.6 Å². The molecule has 0 unspecified atom stereocenters. The maximum Gasteiger partial charge on any atom is 0.354 e. The molecule has 4 N–H and O–H groups in total. The van der Waals surface area contributed by atoms with Gasteiger partial charge in [0.05, 0.1) is 0 Å². The number of rotatable bonds is 6. The van der Waals surface area contributed by atoms with Crippen LogP contribution < -0.4 is 10.6 Å². The van der Waals surface area contributed by atoms with Crippen LogP contribution in [0.1, 0.15) is 21.9 Å². The molecule has 0 aliphatic heterocycles. The smallest absolute Gasteiger partial charge is 0.354 e. The fourth-order valence-corrected chi connectivity index (χ4v) is 1.55. The van der Waals surface area contributed by atoms with Crippen molar-refractivity contribution in [1.29, 1.82) is 0 Å². The van der Waals surface area contributed by atoms with Gasteiger partial charge in [0.2, 0.25) is 0 Å². The first kappa shape index (κ1) is 14.4. The molecule has 9 heteroatoms. The van der Waals surface area contributed by atoms with Gasteiger partial charge in [0, 0.05) is 25.7 Å². The molecule has 0 radical (unpaired) electrons. The largest absolute Gasteiger partial charge is 0.477 e. The van der Waals surface area contributed by atoms with E-state index in [2.05, 4.69) is 30.8 Å². The third-order valence-electron chi connectivity index (χ3n) is 2.61. The molecule has 9 nitrogen and oxygen atoms in total. The molecule has 0 aliphatic carbocycles. The van der Waals surface area contributed by atoms with Gasteiger partial charge < -0.3 is 15.7 Å². The number of carbonyl (C=O) groups excluding carboxylic acids is 1. The van der Waals surface area contributed by atoms with Gasteiger partial charge in [-0.15, -0.1) is 0 Å². The van der Waals surface area contributed by atoms with Crippen molar-refractivity contribution in [3.8, 4) is 0 Å². The number of carboxylic acid groups (broad SMARTS) is 1. The van der Waals surface area contributed by atoms with Crippen molar-refractivity contribution in [2.24, 2.45) is 0 Å². The van der Waals surface area contributed by atoms with E-state index in [1.807, 2.05) is 0 Å². The van der Waals surface area contributed by atoms with Crippen LogP contribution in [0.2, 0.25) is 0 Å². The van der Waals surface area contributed by atoms with Crippen LogP contribution in [0, 0.1) is 0 Å². The molecule has 2 aromatic rings. The first-order valence-electron chi connectivity index (χ1n) is 6.19. The number of aromatic amines is 1. The van der Waals surface area contributed by atoms with E-state index >= 15 is 0 Å². The van der Waals surface area contributed by atoms with Gasteiger partial charge in [0.15, 0.2) is 0 Å². The van der Waals surface area contributed by atoms with E-state index in [-0.39, 0.29) is 18.3 Å². The monoisotopic (exact) mass is 290 g/mol. The molecule has 2 rings (SSSR count). The number of aromatic carboxylic acids is 1. The third kappa shape index (κ3) is 4.56. The van der Waals surface area contributed by atoms with E-state index in [1.54, 1.807) is 6.07 Å². The number of aromatic nitrogens is 4. The van der Waals surface area contributed by atoms with Crippen LogP contribution in [0.15, 0.2) is 24.7 Å². The Morgan fingerprint density at radius 2 is 2.10 bits per heavy atom. The summed E-state index contributed by atoms with van der Waals surface area (Å²) in [4.78, 5) is 29.9. The Labute approximate surface area is 119 Å². The highest BCUT2D eigenvalue weighted by molar-refractivity contribution is 5.85. The summed E-state index contributed by atoms with van der Waals surface area (Å²) in [7, 11) is 0. The standard InChI is InChI=1S/C12H14N6O3/c19-11(20)9-2-1-8(5-14-9)6-15-12(21)13-4-3-10-16-7-17-18-10/h1-2,5,7H,3-4,6H2,(H,19,20)(H2,13,15,21)(H,16,17,18). The zero-order valence-corrected chi connectivity index (χ0v) is 11.0. The lowest BCUT2D eigenvalue weighted by atomic mass is 10.2. The van der Waals surface area contributed by atoms with Gasteiger partial charge in [-0.05, 0) is 11.6 Å². The van der Waals surface area contributed by atoms with Crippen molar-refractivity contribution < 1.29 is 14.7 Å². The number of amides is 2. The maximum absolute atomic E-state index is 11.5. The van der Waals surface area contributed by atoms with Crippen LogP contribution in [0.5, 0.6) is 0 Å². The summed E-state index contributed by atoms with van der Waals surface area (Å²) in [5.74, 6) is -0.386. The maximum atomic E-state index is 11.5. The lowest BCUT2D eigenvalue weighted by Crippen LogP contribution is -2.36. The molecule has 0 saturated heterocycles. The Morgan fingerprint density at radius 3 is 2.71 bits per heavy atom. The number of H-pyrrole nitrogens is 1. The summed E-state index contributed by atoms with van der Waals surface area (Å²) in [6.45, 7) is 0.693. The average molecular weight is 290 g/mol. The molecule has 2 amide bonds. The second-order valence-electron chi connectivity index (χ2n) is 4.15. The number of hydrogen-bond donors (Lipinski definition) is 4. The fraction of sp³-hybridized carbons (Fsp3) is 0.250. The van der Waals surface area contributed by atoms with Crippen molar-refractivity contribution in [2.45, 2.75) is 13.0 Å². The average Bonchev–Trinajstić information content (AvgIpc) is 2.99. The predicted molar refractivity (Wildman–Crippen MR) is 71.5 cm³/mol. The minimum Gasteiger partial charge on any atom is -0.477 e. The van der Waals surface area contributed by atoms with Gasteiger partial charge in [0.25, 0.3) is 0 Å². The van der Waals surface area contributed by atoms with E-state index in [0.717, 1.165) is 0 Å². The summed E-state index contributed by atoms with van der Waals surface area (Å²) >= 11 is 0. The molecular weight excluding hydrogens is 276 g/mol. The van der Waals surface area contributed by atoms with Crippen LogP contribution in [-0.2, 0) is 13.0 Å². The molecule has 0 fully saturated rings. The normalized spacial score (nSPS) is 10.1. The molecule has 2 aromatic heterocycles. The van der Waals surface area contributed by atoms with Gasteiger partial charge in [-0.2, -0.15) is 5.10 Å². The number of urea groups is 1. The molecular formula is C12H14N6O3. The Bertz CT molecular complexity index is 596. The highest BCUT2D eigenvalue weighted by atomic mass is 16.4. The van der Waals surface area contributed by atoms with Crippen molar-refractivity contribution in [2.75, 3.05) is 6.54 Å². The zero-order valence-electron chi connectivity index (χ0n) is 11.0. The topological polar surface area (TPSA) is 133 Å². The van der Waals surface area contributed by atoms with Crippen LogP contribution in [-0.4, -0.2) is 43.8 Å². The van der Waals surface area contributed by atoms with Gasteiger partial charge in [-0.3, -0.25) is 5.10 Å². The Morgan fingerprint density at radius 1 is 1.24 bits per heavy atom. The van der Waals surface area contributed by atoms with Gasteiger partial charge in [-0.25, -0.2) is 19.6 Å². The zero-order chi connectivity index (χ0) is 15.1.